The number of amides is 2. The number of hydrogen-bond acceptors (Lipinski definition) is 7. The van der Waals surface area contributed by atoms with E-state index in [1.54, 1.807) is 4.90 Å². The maximum absolute atomic E-state index is 14.1. The smallest absolute Gasteiger partial charge is 0.249 e. The average Bonchev–Trinajstić information content (AvgIpc) is 3.71. The van der Waals surface area contributed by atoms with Gasteiger partial charge in [-0.05, 0) is 84.5 Å². The minimum Gasteiger partial charge on any atom is -0.465 e. The molecule has 3 aromatic carbocycles. The van der Waals surface area contributed by atoms with Crippen molar-refractivity contribution in [2.45, 2.75) is 64.7 Å². The topological polar surface area (TPSA) is 129 Å². The Hall–Kier alpha value is -5.09. The van der Waals surface area contributed by atoms with Crippen LogP contribution in [0.3, 0.4) is 0 Å². The van der Waals surface area contributed by atoms with Crippen LogP contribution in [0.1, 0.15) is 49.3 Å². The number of para-hydroxylation sites is 1. The van der Waals surface area contributed by atoms with E-state index in [1.807, 2.05) is 99.6 Å². The Balaban J connectivity index is 1.17. The van der Waals surface area contributed by atoms with Gasteiger partial charge in [0.25, 0.3) is 0 Å². The molecule has 10 heteroatoms. The minimum absolute atomic E-state index is 0.114. The van der Waals surface area contributed by atoms with E-state index in [0.29, 0.717) is 31.8 Å². The molecule has 3 N–H and O–H groups in total. The van der Waals surface area contributed by atoms with Gasteiger partial charge >= 0.3 is 0 Å². The Morgan fingerprint density at radius 2 is 1.76 bits per heavy atom. The SMILES string of the molecule is Cc1ccc(CNC(C)(C)CC(=O)N[C@@H]2CCc3ccccc3N(Cc3ccc(-c4ccccc4-c4nnn[nH]4)cc3)C2=O)o1. The molecule has 45 heavy (non-hydrogen) atoms. The first-order valence-corrected chi connectivity index (χ1v) is 15.2. The van der Waals surface area contributed by atoms with Crippen molar-refractivity contribution >= 4 is 17.5 Å². The Bertz CT molecular complexity index is 1780. The second-order valence-electron chi connectivity index (χ2n) is 12.1. The van der Waals surface area contributed by atoms with Crippen LogP contribution in [0.25, 0.3) is 22.5 Å². The number of furan rings is 1. The number of carbonyl (C=O) groups is 2. The van der Waals surface area contributed by atoms with Crippen molar-refractivity contribution in [3.63, 3.8) is 0 Å². The van der Waals surface area contributed by atoms with Gasteiger partial charge in [0.1, 0.15) is 17.6 Å². The third kappa shape index (κ3) is 7.02. The summed E-state index contributed by atoms with van der Waals surface area (Å²) in [6.07, 6.45) is 1.44. The summed E-state index contributed by atoms with van der Waals surface area (Å²) < 4.78 is 5.65. The molecule has 3 heterocycles. The molecule has 0 radical (unpaired) electrons. The highest BCUT2D eigenvalue weighted by molar-refractivity contribution is 6.00. The minimum atomic E-state index is -0.630. The lowest BCUT2D eigenvalue weighted by Gasteiger charge is -2.29. The number of tetrazole rings is 1. The number of anilines is 1. The third-order valence-electron chi connectivity index (χ3n) is 8.16. The zero-order valence-electron chi connectivity index (χ0n) is 25.7. The third-order valence-corrected chi connectivity index (χ3v) is 8.16. The van der Waals surface area contributed by atoms with Crippen LogP contribution in [0, 0.1) is 6.92 Å². The number of aryl methyl sites for hydroxylation is 2. The summed E-state index contributed by atoms with van der Waals surface area (Å²) in [5.74, 6) is 1.98. The van der Waals surface area contributed by atoms with Crippen LogP contribution in [-0.2, 0) is 29.1 Å². The first kappa shape index (κ1) is 30.0. The molecule has 2 aromatic heterocycles. The predicted octanol–water partition coefficient (Wildman–Crippen LogP) is 5.36. The fraction of sp³-hybridized carbons (Fsp3) is 0.286. The van der Waals surface area contributed by atoms with Crippen LogP contribution >= 0.6 is 0 Å². The summed E-state index contributed by atoms with van der Waals surface area (Å²) in [6, 6.07) is 27.3. The number of H-pyrrole nitrogens is 1. The Morgan fingerprint density at radius 3 is 2.49 bits per heavy atom. The molecule has 0 aliphatic carbocycles. The molecule has 0 fully saturated rings. The van der Waals surface area contributed by atoms with E-state index in [9.17, 15) is 9.59 Å². The molecule has 0 saturated heterocycles. The number of aromatic nitrogens is 4. The summed E-state index contributed by atoms with van der Waals surface area (Å²) in [5.41, 5.74) is 5.36. The number of nitrogens with one attached hydrogen (secondary N) is 3. The molecule has 0 spiro atoms. The van der Waals surface area contributed by atoms with Gasteiger partial charge < -0.3 is 20.0 Å². The van der Waals surface area contributed by atoms with Crippen molar-refractivity contribution in [3.05, 3.63) is 108 Å². The Morgan fingerprint density at radius 1 is 1.00 bits per heavy atom. The van der Waals surface area contributed by atoms with Crippen molar-refractivity contribution in [1.29, 1.82) is 0 Å². The average molecular weight is 604 g/mol. The molecule has 2 amide bonds. The number of aromatic amines is 1. The monoisotopic (exact) mass is 603 g/mol. The highest BCUT2D eigenvalue weighted by Gasteiger charge is 2.32. The van der Waals surface area contributed by atoms with Crippen molar-refractivity contribution in [2.24, 2.45) is 0 Å². The van der Waals surface area contributed by atoms with Crippen LogP contribution in [0.2, 0.25) is 0 Å². The number of hydrogen-bond donors (Lipinski definition) is 3. The number of nitrogens with zero attached hydrogens (tertiary/aromatic N) is 4. The molecule has 1 aliphatic heterocycles. The summed E-state index contributed by atoms with van der Waals surface area (Å²) >= 11 is 0. The molecule has 0 bridgehead atoms. The van der Waals surface area contributed by atoms with Crippen molar-refractivity contribution in [1.82, 2.24) is 31.3 Å². The van der Waals surface area contributed by atoms with E-state index in [2.05, 4.69) is 37.3 Å². The number of carbonyl (C=O) groups excluding carboxylic acids is 2. The summed E-state index contributed by atoms with van der Waals surface area (Å²) in [5, 5.41) is 20.8. The fourth-order valence-corrected chi connectivity index (χ4v) is 5.82. The van der Waals surface area contributed by atoms with E-state index >= 15 is 0 Å². The van der Waals surface area contributed by atoms with E-state index in [4.69, 9.17) is 4.42 Å². The Kier molecular flexibility index (Phi) is 8.57. The first-order valence-electron chi connectivity index (χ1n) is 15.2. The van der Waals surface area contributed by atoms with Gasteiger partial charge in [0.2, 0.25) is 11.8 Å². The van der Waals surface area contributed by atoms with Crippen LogP contribution in [0.4, 0.5) is 5.69 Å². The highest BCUT2D eigenvalue weighted by atomic mass is 16.3. The van der Waals surface area contributed by atoms with E-state index in [0.717, 1.165) is 45.0 Å². The van der Waals surface area contributed by atoms with Gasteiger partial charge in [0, 0.05) is 23.2 Å². The lowest BCUT2D eigenvalue weighted by Crippen LogP contribution is -2.50. The second kappa shape index (κ2) is 12.9. The molecular formula is C35H37N7O3. The fourth-order valence-electron chi connectivity index (χ4n) is 5.82. The van der Waals surface area contributed by atoms with Crippen LogP contribution in [0.15, 0.2) is 89.3 Å². The quantitative estimate of drug-likeness (QED) is 0.196. The summed E-state index contributed by atoms with van der Waals surface area (Å²) in [6.45, 7) is 6.75. The van der Waals surface area contributed by atoms with Crippen molar-refractivity contribution in [2.75, 3.05) is 4.90 Å². The number of benzene rings is 3. The maximum Gasteiger partial charge on any atom is 0.249 e. The van der Waals surface area contributed by atoms with Crippen molar-refractivity contribution in [3.8, 4) is 22.5 Å². The largest absolute Gasteiger partial charge is 0.465 e. The predicted molar refractivity (Wildman–Crippen MR) is 172 cm³/mol. The summed E-state index contributed by atoms with van der Waals surface area (Å²) in [7, 11) is 0. The summed E-state index contributed by atoms with van der Waals surface area (Å²) in [4.78, 5) is 29.1. The molecule has 10 nitrogen and oxygen atoms in total. The van der Waals surface area contributed by atoms with E-state index < -0.39 is 11.6 Å². The molecule has 6 rings (SSSR count). The lowest BCUT2D eigenvalue weighted by molar-refractivity contribution is -0.128. The van der Waals surface area contributed by atoms with Crippen LogP contribution < -0.4 is 15.5 Å². The normalized spacial score (nSPS) is 15.0. The number of rotatable bonds is 10. The zero-order valence-corrected chi connectivity index (χ0v) is 25.7. The molecule has 1 atom stereocenters. The molecule has 1 aliphatic rings. The molecule has 5 aromatic rings. The maximum atomic E-state index is 14.1. The molecular weight excluding hydrogens is 566 g/mol. The van der Waals surface area contributed by atoms with E-state index in [-0.39, 0.29) is 18.2 Å². The van der Waals surface area contributed by atoms with Gasteiger partial charge in [-0.3, -0.25) is 9.59 Å². The first-order chi connectivity index (χ1) is 21.8. The van der Waals surface area contributed by atoms with Gasteiger partial charge in [0.15, 0.2) is 5.82 Å². The van der Waals surface area contributed by atoms with Crippen molar-refractivity contribution < 1.29 is 14.0 Å². The van der Waals surface area contributed by atoms with Crippen LogP contribution in [-0.4, -0.2) is 44.0 Å². The lowest BCUT2D eigenvalue weighted by atomic mass is 9.98. The van der Waals surface area contributed by atoms with Gasteiger partial charge in [0.05, 0.1) is 13.1 Å². The van der Waals surface area contributed by atoms with Gasteiger partial charge in [-0.2, -0.15) is 0 Å². The molecule has 0 saturated carbocycles. The van der Waals surface area contributed by atoms with E-state index in [1.165, 1.54) is 0 Å². The highest BCUT2D eigenvalue weighted by Crippen LogP contribution is 2.32. The second-order valence-corrected chi connectivity index (χ2v) is 12.1. The molecule has 0 unspecified atom stereocenters. The van der Waals surface area contributed by atoms with Crippen LogP contribution in [0.5, 0.6) is 0 Å². The van der Waals surface area contributed by atoms with Gasteiger partial charge in [-0.25, -0.2) is 5.10 Å². The van der Waals surface area contributed by atoms with Gasteiger partial charge in [-0.1, -0.05) is 66.7 Å². The van der Waals surface area contributed by atoms with Gasteiger partial charge in [-0.15, -0.1) is 5.10 Å². The Labute approximate surface area is 262 Å². The molecule has 230 valence electrons. The number of fused-ring (bicyclic) bond motifs is 1. The standard InChI is InChI=1S/C35H37N7O3/c1-23-12-18-27(45-23)21-36-35(2,3)20-32(43)37-30-19-17-26-8-4-7-11-31(26)42(34(30)44)22-24-13-15-25(16-14-24)28-9-5-6-10-29(28)33-38-40-41-39-33/h4-16,18,30,36H,17,19-22H2,1-3H3,(H,37,43)(H,38,39,40,41)/t30-/m1/s1. The zero-order chi connectivity index (χ0) is 31.4.